The first kappa shape index (κ1) is 17.9. The third kappa shape index (κ3) is 4.57. The van der Waals surface area contributed by atoms with E-state index in [1.165, 1.54) is 11.1 Å². The second-order valence-electron chi connectivity index (χ2n) is 6.31. The van der Waals surface area contributed by atoms with E-state index in [2.05, 4.69) is 65.8 Å². The molecule has 0 saturated carbocycles. The van der Waals surface area contributed by atoms with E-state index in [-0.39, 0.29) is 11.8 Å². The number of aromatic nitrogens is 1. The molecule has 0 unspecified atom stereocenters. The highest BCUT2D eigenvalue weighted by Crippen LogP contribution is 2.27. The standard InChI is InChI=1S/C23H24N2O/c1-2-21-14-13-20(17-25-21)23(26)24-16-15-22(18-9-5-3-6-10-18)19-11-7-4-8-12-19/h3-14,17,22H,2,15-16H2,1H3,(H,24,26). The van der Waals surface area contributed by atoms with Crippen LogP contribution in [0.1, 0.15) is 46.4 Å². The molecule has 3 rings (SSSR count). The van der Waals surface area contributed by atoms with Crippen molar-refractivity contribution in [2.75, 3.05) is 6.54 Å². The first-order chi connectivity index (χ1) is 12.8. The summed E-state index contributed by atoms with van der Waals surface area (Å²) < 4.78 is 0. The van der Waals surface area contributed by atoms with Crippen LogP contribution in [0.4, 0.5) is 0 Å². The molecule has 0 fully saturated rings. The van der Waals surface area contributed by atoms with Gasteiger partial charge in [-0.15, -0.1) is 0 Å². The van der Waals surface area contributed by atoms with Gasteiger partial charge in [0.15, 0.2) is 0 Å². The number of pyridine rings is 1. The fraction of sp³-hybridized carbons (Fsp3) is 0.217. The lowest BCUT2D eigenvalue weighted by Gasteiger charge is -2.18. The molecule has 1 N–H and O–H groups in total. The van der Waals surface area contributed by atoms with Crippen molar-refractivity contribution in [2.45, 2.75) is 25.7 Å². The fourth-order valence-electron chi connectivity index (χ4n) is 3.10. The first-order valence-electron chi connectivity index (χ1n) is 9.11. The summed E-state index contributed by atoms with van der Waals surface area (Å²) in [6, 6.07) is 24.6. The summed E-state index contributed by atoms with van der Waals surface area (Å²) in [5.41, 5.74) is 4.14. The van der Waals surface area contributed by atoms with Gasteiger partial charge in [-0.25, -0.2) is 0 Å². The highest BCUT2D eigenvalue weighted by molar-refractivity contribution is 5.93. The van der Waals surface area contributed by atoms with E-state index < -0.39 is 0 Å². The maximum atomic E-state index is 12.3. The number of nitrogens with one attached hydrogen (secondary N) is 1. The van der Waals surface area contributed by atoms with Crippen LogP contribution in [0.15, 0.2) is 79.0 Å². The van der Waals surface area contributed by atoms with Gasteiger partial charge in [0, 0.05) is 24.4 Å². The lowest BCUT2D eigenvalue weighted by atomic mass is 9.88. The summed E-state index contributed by atoms with van der Waals surface area (Å²) in [4.78, 5) is 16.6. The topological polar surface area (TPSA) is 42.0 Å². The Hall–Kier alpha value is -2.94. The number of carbonyl (C=O) groups excluding carboxylic acids is 1. The number of carbonyl (C=O) groups is 1. The molecule has 132 valence electrons. The van der Waals surface area contributed by atoms with Crippen molar-refractivity contribution >= 4 is 5.91 Å². The molecular formula is C23H24N2O. The Labute approximate surface area is 155 Å². The molecule has 0 saturated heterocycles. The highest BCUT2D eigenvalue weighted by Gasteiger charge is 2.14. The van der Waals surface area contributed by atoms with Crippen LogP contribution in [-0.2, 0) is 6.42 Å². The number of hydrogen-bond donors (Lipinski definition) is 1. The van der Waals surface area contributed by atoms with E-state index in [0.29, 0.717) is 12.1 Å². The van der Waals surface area contributed by atoms with Crippen molar-refractivity contribution in [2.24, 2.45) is 0 Å². The van der Waals surface area contributed by atoms with E-state index in [9.17, 15) is 4.79 Å². The van der Waals surface area contributed by atoms with Crippen LogP contribution in [0.5, 0.6) is 0 Å². The molecule has 0 aliphatic heterocycles. The van der Waals surface area contributed by atoms with Crippen LogP contribution < -0.4 is 5.32 Å². The fourth-order valence-corrected chi connectivity index (χ4v) is 3.10. The van der Waals surface area contributed by atoms with Crippen molar-refractivity contribution < 1.29 is 4.79 Å². The summed E-state index contributed by atoms with van der Waals surface area (Å²) >= 11 is 0. The summed E-state index contributed by atoms with van der Waals surface area (Å²) in [6.07, 6.45) is 3.37. The normalized spacial score (nSPS) is 10.7. The zero-order valence-corrected chi connectivity index (χ0v) is 15.1. The Bertz CT molecular complexity index is 774. The second kappa shape index (κ2) is 8.95. The van der Waals surface area contributed by atoms with Gasteiger partial charge in [-0.3, -0.25) is 9.78 Å². The van der Waals surface area contributed by atoms with E-state index >= 15 is 0 Å². The maximum Gasteiger partial charge on any atom is 0.252 e. The van der Waals surface area contributed by atoms with Gasteiger partial charge in [-0.2, -0.15) is 0 Å². The third-order valence-electron chi connectivity index (χ3n) is 4.57. The highest BCUT2D eigenvalue weighted by atomic mass is 16.1. The van der Waals surface area contributed by atoms with Gasteiger partial charge in [0.05, 0.1) is 5.56 Å². The summed E-state index contributed by atoms with van der Waals surface area (Å²) in [5, 5.41) is 3.03. The van der Waals surface area contributed by atoms with Gasteiger partial charge >= 0.3 is 0 Å². The smallest absolute Gasteiger partial charge is 0.252 e. The second-order valence-corrected chi connectivity index (χ2v) is 6.31. The molecule has 0 radical (unpaired) electrons. The number of benzene rings is 2. The average molecular weight is 344 g/mol. The molecule has 26 heavy (non-hydrogen) atoms. The SMILES string of the molecule is CCc1ccc(C(=O)NCCC(c2ccccc2)c2ccccc2)cn1. The molecule has 0 atom stereocenters. The number of amides is 1. The number of rotatable bonds is 7. The minimum Gasteiger partial charge on any atom is -0.352 e. The van der Waals surface area contributed by atoms with Crippen molar-refractivity contribution in [3.05, 3.63) is 101 Å². The van der Waals surface area contributed by atoms with Crippen LogP contribution >= 0.6 is 0 Å². The lowest BCUT2D eigenvalue weighted by molar-refractivity contribution is 0.0952. The Morgan fingerprint density at radius 2 is 1.54 bits per heavy atom. The molecule has 0 bridgehead atoms. The maximum absolute atomic E-state index is 12.3. The number of hydrogen-bond acceptors (Lipinski definition) is 2. The van der Waals surface area contributed by atoms with Crippen molar-refractivity contribution in [1.29, 1.82) is 0 Å². The molecule has 2 aromatic carbocycles. The molecule has 3 nitrogen and oxygen atoms in total. The zero-order chi connectivity index (χ0) is 18.2. The largest absolute Gasteiger partial charge is 0.352 e. The lowest BCUT2D eigenvalue weighted by Crippen LogP contribution is -2.26. The quantitative estimate of drug-likeness (QED) is 0.681. The van der Waals surface area contributed by atoms with E-state index in [0.717, 1.165) is 18.5 Å². The molecule has 0 aliphatic carbocycles. The monoisotopic (exact) mass is 344 g/mol. The molecule has 0 aliphatic rings. The van der Waals surface area contributed by atoms with Crippen LogP contribution in [-0.4, -0.2) is 17.4 Å². The molecule has 3 aromatic rings. The Morgan fingerprint density at radius 3 is 2.04 bits per heavy atom. The minimum absolute atomic E-state index is 0.0694. The summed E-state index contributed by atoms with van der Waals surface area (Å²) in [7, 11) is 0. The number of aryl methyl sites for hydroxylation is 1. The molecule has 1 aromatic heterocycles. The van der Waals surface area contributed by atoms with Gasteiger partial charge in [0.25, 0.3) is 5.91 Å². The average Bonchev–Trinajstić information content (AvgIpc) is 2.72. The molecular weight excluding hydrogens is 320 g/mol. The van der Waals surface area contributed by atoms with Crippen molar-refractivity contribution in [3.8, 4) is 0 Å². The molecule has 0 spiro atoms. The Balaban J connectivity index is 1.65. The molecule has 1 heterocycles. The number of nitrogens with zero attached hydrogens (tertiary/aromatic N) is 1. The minimum atomic E-state index is -0.0694. The molecule has 1 amide bonds. The van der Waals surface area contributed by atoms with Crippen molar-refractivity contribution in [1.82, 2.24) is 10.3 Å². The zero-order valence-electron chi connectivity index (χ0n) is 15.1. The summed E-state index contributed by atoms with van der Waals surface area (Å²) in [6.45, 7) is 2.66. The predicted octanol–water partition coefficient (Wildman–Crippen LogP) is 4.60. The van der Waals surface area contributed by atoms with E-state index in [1.54, 1.807) is 6.20 Å². The van der Waals surface area contributed by atoms with Crippen LogP contribution in [0, 0.1) is 0 Å². The van der Waals surface area contributed by atoms with Crippen molar-refractivity contribution in [3.63, 3.8) is 0 Å². The predicted molar refractivity (Wildman–Crippen MR) is 105 cm³/mol. The third-order valence-corrected chi connectivity index (χ3v) is 4.57. The van der Waals surface area contributed by atoms with E-state index in [1.807, 2.05) is 24.3 Å². The Kier molecular flexibility index (Phi) is 6.15. The van der Waals surface area contributed by atoms with Gasteiger partial charge in [-0.05, 0) is 36.1 Å². The van der Waals surface area contributed by atoms with Gasteiger partial charge < -0.3 is 5.32 Å². The van der Waals surface area contributed by atoms with Crippen LogP contribution in [0.2, 0.25) is 0 Å². The van der Waals surface area contributed by atoms with Gasteiger partial charge in [0.1, 0.15) is 0 Å². The van der Waals surface area contributed by atoms with Crippen LogP contribution in [0.3, 0.4) is 0 Å². The Morgan fingerprint density at radius 1 is 0.923 bits per heavy atom. The van der Waals surface area contributed by atoms with Gasteiger partial charge in [0.2, 0.25) is 0 Å². The van der Waals surface area contributed by atoms with Crippen LogP contribution in [0.25, 0.3) is 0 Å². The molecule has 3 heteroatoms. The first-order valence-corrected chi connectivity index (χ1v) is 9.11. The summed E-state index contributed by atoms with van der Waals surface area (Å²) in [5.74, 6) is 0.193. The van der Waals surface area contributed by atoms with Gasteiger partial charge in [-0.1, -0.05) is 67.6 Å². The van der Waals surface area contributed by atoms with E-state index in [4.69, 9.17) is 0 Å².